The summed E-state index contributed by atoms with van der Waals surface area (Å²) >= 11 is 0. The SMILES string of the molecule is CC(=O)Nc1ccc(S(=O)(=O)NNC(=O)COc2ccccc2F)cc1. The predicted molar refractivity (Wildman–Crippen MR) is 91.1 cm³/mol. The molecule has 0 saturated heterocycles. The quantitative estimate of drug-likeness (QED) is 0.623. The largest absolute Gasteiger partial charge is 0.481 e. The van der Waals surface area contributed by atoms with Crippen molar-refractivity contribution in [1.82, 2.24) is 10.3 Å². The molecule has 0 atom stereocenters. The molecule has 2 aromatic rings. The van der Waals surface area contributed by atoms with Crippen LogP contribution < -0.4 is 20.3 Å². The third-order valence-corrected chi connectivity index (χ3v) is 4.27. The molecule has 2 aromatic carbocycles. The highest BCUT2D eigenvalue weighted by molar-refractivity contribution is 7.89. The number of rotatable bonds is 7. The number of amides is 2. The number of para-hydroxylation sites is 1. The highest BCUT2D eigenvalue weighted by atomic mass is 32.2. The summed E-state index contributed by atoms with van der Waals surface area (Å²) in [7, 11) is -4.02. The first-order chi connectivity index (χ1) is 12.3. The van der Waals surface area contributed by atoms with E-state index in [0.717, 1.165) is 0 Å². The molecule has 2 rings (SSSR count). The van der Waals surface area contributed by atoms with Gasteiger partial charge in [-0.25, -0.2) is 12.8 Å². The molecule has 10 heteroatoms. The van der Waals surface area contributed by atoms with Gasteiger partial charge in [0, 0.05) is 12.6 Å². The molecule has 0 aliphatic carbocycles. The number of hydrogen-bond acceptors (Lipinski definition) is 5. The maximum atomic E-state index is 13.4. The molecule has 0 aliphatic heterocycles. The zero-order chi connectivity index (χ0) is 19.2. The number of anilines is 1. The Morgan fingerprint density at radius 2 is 1.73 bits per heavy atom. The smallest absolute Gasteiger partial charge is 0.272 e. The molecule has 0 fully saturated rings. The molecule has 0 saturated carbocycles. The van der Waals surface area contributed by atoms with E-state index >= 15 is 0 Å². The van der Waals surface area contributed by atoms with Gasteiger partial charge in [0.2, 0.25) is 5.91 Å². The van der Waals surface area contributed by atoms with Crippen LogP contribution in [-0.2, 0) is 19.6 Å². The minimum absolute atomic E-state index is 0.123. The molecule has 0 aromatic heterocycles. The molecule has 138 valence electrons. The maximum absolute atomic E-state index is 13.4. The number of hydrazine groups is 1. The fraction of sp³-hybridized carbons (Fsp3) is 0.125. The number of nitrogens with one attached hydrogen (secondary N) is 3. The molecular weight excluding hydrogens is 365 g/mol. The fourth-order valence-electron chi connectivity index (χ4n) is 1.84. The summed E-state index contributed by atoms with van der Waals surface area (Å²) in [4.78, 5) is 24.4. The van der Waals surface area contributed by atoms with Gasteiger partial charge >= 0.3 is 0 Å². The summed E-state index contributed by atoms with van der Waals surface area (Å²) in [6, 6.07) is 10.8. The molecule has 2 amide bonds. The summed E-state index contributed by atoms with van der Waals surface area (Å²) in [6.45, 7) is 0.746. The van der Waals surface area contributed by atoms with E-state index in [9.17, 15) is 22.4 Å². The second-order valence-electron chi connectivity index (χ2n) is 5.08. The molecule has 26 heavy (non-hydrogen) atoms. The van der Waals surface area contributed by atoms with Gasteiger partial charge in [0.25, 0.3) is 15.9 Å². The van der Waals surface area contributed by atoms with Crippen molar-refractivity contribution in [3.05, 3.63) is 54.3 Å². The third-order valence-electron chi connectivity index (χ3n) is 3.01. The Morgan fingerprint density at radius 3 is 2.35 bits per heavy atom. The zero-order valence-corrected chi connectivity index (χ0v) is 14.5. The van der Waals surface area contributed by atoms with E-state index in [0.29, 0.717) is 5.69 Å². The van der Waals surface area contributed by atoms with Crippen molar-refractivity contribution in [3.8, 4) is 5.75 Å². The number of ether oxygens (including phenoxy) is 1. The normalized spacial score (nSPS) is 10.8. The van der Waals surface area contributed by atoms with Gasteiger partial charge < -0.3 is 10.1 Å². The van der Waals surface area contributed by atoms with Gasteiger partial charge in [-0.1, -0.05) is 12.1 Å². The Kier molecular flexibility index (Phi) is 6.26. The minimum Gasteiger partial charge on any atom is -0.481 e. The van der Waals surface area contributed by atoms with Crippen LogP contribution in [0.4, 0.5) is 10.1 Å². The number of halogens is 1. The minimum atomic E-state index is -4.02. The lowest BCUT2D eigenvalue weighted by molar-refractivity contribution is -0.123. The van der Waals surface area contributed by atoms with E-state index in [1.807, 2.05) is 10.3 Å². The van der Waals surface area contributed by atoms with Crippen molar-refractivity contribution < 1.29 is 27.1 Å². The average Bonchev–Trinajstić information content (AvgIpc) is 2.59. The molecule has 0 aliphatic rings. The van der Waals surface area contributed by atoms with Crippen LogP contribution in [-0.4, -0.2) is 26.8 Å². The van der Waals surface area contributed by atoms with E-state index in [-0.39, 0.29) is 16.6 Å². The summed E-state index contributed by atoms with van der Waals surface area (Å²) in [5.74, 6) is -1.87. The van der Waals surface area contributed by atoms with Crippen molar-refractivity contribution in [2.24, 2.45) is 0 Å². The lowest BCUT2D eigenvalue weighted by atomic mass is 10.3. The number of benzene rings is 2. The molecule has 0 radical (unpaired) electrons. The monoisotopic (exact) mass is 381 g/mol. The molecule has 0 unspecified atom stereocenters. The number of carbonyl (C=O) groups excluding carboxylic acids is 2. The van der Waals surface area contributed by atoms with Gasteiger partial charge in [-0.05, 0) is 36.4 Å². The second kappa shape index (κ2) is 8.41. The van der Waals surface area contributed by atoms with E-state index in [4.69, 9.17) is 4.74 Å². The molecule has 3 N–H and O–H groups in total. The Morgan fingerprint density at radius 1 is 1.08 bits per heavy atom. The number of carbonyl (C=O) groups is 2. The summed E-state index contributed by atoms with van der Waals surface area (Å²) < 4.78 is 42.5. The van der Waals surface area contributed by atoms with Gasteiger partial charge in [0.1, 0.15) is 0 Å². The second-order valence-corrected chi connectivity index (χ2v) is 6.76. The van der Waals surface area contributed by atoms with Gasteiger partial charge in [0.05, 0.1) is 4.90 Å². The van der Waals surface area contributed by atoms with Crippen molar-refractivity contribution in [1.29, 1.82) is 0 Å². The first-order valence-corrected chi connectivity index (χ1v) is 8.82. The fourth-order valence-corrected chi connectivity index (χ4v) is 2.71. The molecule has 0 spiro atoms. The first kappa shape index (κ1) is 19.3. The Balaban J connectivity index is 1.89. The van der Waals surface area contributed by atoms with E-state index in [2.05, 4.69) is 5.32 Å². The van der Waals surface area contributed by atoms with E-state index < -0.39 is 28.4 Å². The van der Waals surface area contributed by atoms with Crippen LogP contribution in [0.2, 0.25) is 0 Å². The van der Waals surface area contributed by atoms with Crippen molar-refractivity contribution >= 4 is 27.5 Å². The predicted octanol–water partition coefficient (Wildman–Crippen LogP) is 1.17. The van der Waals surface area contributed by atoms with Crippen LogP contribution in [0.5, 0.6) is 5.75 Å². The summed E-state index contributed by atoms with van der Waals surface area (Å²) in [5.41, 5.74) is 2.39. The third kappa shape index (κ3) is 5.53. The summed E-state index contributed by atoms with van der Waals surface area (Å²) in [6.07, 6.45) is 0. The van der Waals surface area contributed by atoms with Crippen molar-refractivity contribution in [2.75, 3.05) is 11.9 Å². The molecule has 0 heterocycles. The molecule has 0 bridgehead atoms. The first-order valence-electron chi connectivity index (χ1n) is 7.33. The Hall–Kier alpha value is -2.98. The van der Waals surface area contributed by atoms with E-state index in [1.54, 1.807) is 0 Å². The van der Waals surface area contributed by atoms with Gasteiger partial charge in [-0.15, -0.1) is 4.83 Å². The number of sulfonamides is 1. The number of hydrogen-bond donors (Lipinski definition) is 3. The zero-order valence-electron chi connectivity index (χ0n) is 13.7. The lowest BCUT2D eigenvalue weighted by Crippen LogP contribution is -2.43. The lowest BCUT2D eigenvalue weighted by Gasteiger charge is -2.10. The van der Waals surface area contributed by atoms with Gasteiger partial charge in [-0.3, -0.25) is 15.0 Å². The Bertz CT molecular complexity index is 900. The molecule has 8 nitrogen and oxygen atoms in total. The van der Waals surface area contributed by atoms with Crippen molar-refractivity contribution in [2.45, 2.75) is 11.8 Å². The Labute approximate surface area is 149 Å². The highest BCUT2D eigenvalue weighted by Crippen LogP contribution is 2.15. The van der Waals surface area contributed by atoms with Crippen LogP contribution in [0.15, 0.2) is 53.4 Å². The standard InChI is InChI=1S/C16H16FN3O5S/c1-11(21)18-12-6-8-13(9-7-12)26(23,24)20-19-16(22)10-25-15-5-3-2-4-14(15)17/h2-9,20H,10H2,1H3,(H,18,21)(H,19,22). The van der Waals surface area contributed by atoms with Crippen LogP contribution in [0.25, 0.3) is 0 Å². The van der Waals surface area contributed by atoms with Crippen molar-refractivity contribution in [3.63, 3.8) is 0 Å². The van der Waals surface area contributed by atoms with Crippen LogP contribution in [0.1, 0.15) is 6.92 Å². The van der Waals surface area contributed by atoms with Gasteiger partial charge in [-0.2, -0.15) is 0 Å². The van der Waals surface area contributed by atoms with Crippen LogP contribution in [0, 0.1) is 5.82 Å². The van der Waals surface area contributed by atoms with Crippen LogP contribution in [0.3, 0.4) is 0 Å². The van der Waals surface area contributed by atoms with Gasteiger partial charge in [0.15, 0.2) is 18.2 Å². The topological polar surface area (TPSA) is 114 Å². The summed E-state index contributed by atoms with van der Waals surface area (Å²) in [5, 5.41) is 2.50. The van der Waals surface area contributed by atoms with E-state index in [1.165, 1.54) is 55.5 Å². The molecular formula is C16H16FN3O5S. The van der Waals surface area contributed by atoms with Crippen LogP contribution >= 0.6 is 0 Å². The average molecular weight is 381 g/mol. The highest BCUT2D eigenvalue weighted by Gasteiger charge is 2.15. The maximum Gasteiger partial charge on any atom is 0.272 e.